The second-order valence-electron chi connectivity index (χ2n) is 3.69. The number of hydrogen-bond acceptors (Lipinski definition) is 3. The second kappa shape index (κ2) is 5.05. The first kappa shape index (κ1) is 11.7. The van der Waals surface area contributed by atoms with Gasteiger partial charge >= 0.3 is 5.69 Å². The van der Waals surface area contributed by atoms with Crippen LogP contribution in [0.2, 0.25) is 0 Å². The molecule has 17 heavy (non-hydrogen) atoms. The Morgan fingerprint density at radius 1 is 1.47 bits per heavy atom. The second-order valence-corrected chi connectivity index (χ2v) is 4.13. The van der Waals surface area contributed by atoms with Crippen LogP contribution in [0.25, 0.3) is 11.4 Å². The summed E-state index contributed by atoms with van der Waals surface area (Å²) in [5.74, 6) is 0. The summed E-state index contributed by atoms with van der Waals surface area (Å²) in [6, 6.07) is 7.38. The maximum absolute atomic E-state index is 11.8. The van der Waals surface area contributed by atoms with Crippen molar-refractivity contribution in [2.45, 2.75) is 19.9 Å². The Hall–Kier alpha value is -1.75. The van der Waals surface area contributed by atoms with Gasteiger partial charge in [0.1, 0.15) is 4.64 Å². The van der Waals surface area contributed by atoms with Gasteiger partial charge in [0, 0.05) is 12.7 Å². The topological polar surface area (TPSA) is 50.7 Å². The summed E-state index contributed by atoms with van der Waals surface area (Å²) in [6.45, 7) is 2.67. The van der Waals surface area contributed by atoms with Gasteiger partial charge in [0.05, 0.1) is 11.4 Å². The molecule has 5 heteroatoms. The van der Waals surface area contributed by atoms with Crippen LogP contribution in [-0.2, 0) is 6.54 Å². The molecule has 0 aliphatic carbocycles. The van der Waals surface area contributed by atoms with Gasteiger partial charge in [0.2, 0.25) is 0 Å². The first-order valence-corrected chi connectivity index (χ1v) is 5.88. The predicted molar refractivity (Wildman–Crippen MR) is 69.4 cm³/mol. The van der Waals surface area contributed by atoms with E-state index in [0.717, 1.165) is 17.8 Å². The van der Waals surface area contributed by atoms with Crippen LogP contribution in [-0.4, -0.2) is 14.5 Å². The molecule has 2 heterocycles. The third-order valence-electron chi connectivity index (χ3n) is 2.41. The number of nitrogens with one attached hydrogen (secondary N) is 1. The third kappa shape index (κ3) is 2.50. The predicted octanol–water partition coefficient (Wildman–Crippen LogP) is 2.38. The van der Waals surface area contributed by atoms with E-state index < -0.39 is 0 Å². The van der Waals surface area contributed by atoms with Crippen LogP contribution in [0, 0.1) is 4.64 Å². The summed E-state index contributed by atoms with van der Waals surface area (Å²) < 4.78 is 2.10. The molecule has 0 bridgehead atoms. The molecule has 88 valence electrons. The van der Waals surface area contributed by atoms with Crippen molar-refractivity contribution in [2.75, 3.05) is 0 Å². The number of rotatable bonds is 3. The molecule has 2 aromatic heterocycles. The minimum Gasteiger partial charge on any atom is -0.298 e. The van der Waals surface area contributed by atoms with Gasteiger partial charge in [-0.15, -0.1) is 0 Å². The van der Waals surface area contributed by atoms with Gasteiger partial charge < -0.3 is 0 Å². The molecule has 0 aliphatic rings. The maximum Gasteiger partial charge on any atom is 0.327 e. The van der Waals surface area contributed by atoms with E-state index in [4.69, 9.17) is 12.2 Å². The number of H-pyrrole nitrogens is 1. The largest absolute Gasteiger partial charge is 0.327 e. The Bertz CT molecular complexity index is 616. The van der Waals surface area contributed by atoms with E-state index in [1.54, 1.807) is 16.8 Å². The van der Waals surface area contributed by atoms with Crippen molar-refractivity contribution in [3.8, 4) is 11.4 Å². The summed E-state index contributed by atoms with van der Waals surface area (Å²) in [6.07, 6.45) is 2.58. The standard InChI is InChI=1S/C12H13N3OS/c1-2-7-15-10(8-11(17)14-12(15)16)9-5-3-4-6-13-9/h3-6,8H,2,7H2,1H3,(H,14,16,17). The van der Waals surface area contributed by atoms with Gasteiger partial charge in [-0.25, -0.2) is 4.79 Å². The van der Waals surface area contributed by atoms with E-state index >= 15 is 0 Å². The highest BCUT2D eigenvalue weighted by Crippen LogP contribution is 2.14. The number of nitrogens with zero attached hydrogens (tertiary/aromatic N) is 2. The lowest BCUT2D eigenvalue weighted by molar-refractivity contribution is 0.640. The summed E-state index contributed by atoms with van der Waals surface area (Å²) in [5.41, 5.74) is 1.35. The molecule has 2 rings (SSSR count). The van der Waals surface area contributed by atoms with E-state index in [0.29, 0.717) is 11.2 Å². The monoisotopic (exact) mass is 247 g/mol. The fourth-order valence-electron chi connectivity index (χ4n) is 1.69. The number of hydrogen-bond donors (Lipinski definition) is 1. The number of aromatic amines is 1. The zero-order valence-corrected chi connectivity index (χ0v) is 10.3. The van der Waals surface area contributed by atoms with Crippen molar-refractivity contribution in [1.29, 1.82) is 0 Å². The molecule has 0 aromatic carbocycles. The highest BCUT2D eigenvalue weighted by Gasteiger charge is 2.07. The van der Waals surface area contributed by atoms with Gasteiger partial charge in [0.25, 0.3) is 0 Å². The highest BCUT2D eigenvalue weighted by molar-refractivity contribution is 7.71. The van der Waals surface area contributed by atoms with Crippen molar-refractivity contribution in [3.05, 3.63) is 45.6 Å². The number of aromatic nitrogens is 3. The Balaban J connectivity index is 2.67. The average Bonchev–Trinajstić information content (AvgIpc) is 2.33. The lowest BCUT2D eigenvalue weighted by atomic mass is 10.2. The molecule has 0 spiro atoms. The zero-order chi connectivity index (χ0) is 12.3. The fourth-order valence-corrected chi connectivity index (χ4v) is 1.89. The molecule has 0 fully saturated rings. The minimum atomic E-state index is -0.181. The Morgan fingerprint density at radius 2 is 2.29 bits per heavy atom. The Morgan fingerprint density at radius 3 is 2.94 bits per heavy atom. The van der Waals surface area contributed by atoms with Crippen molar-refractivity contribution in [3.63, 3.8) is 0 Å². The third-order valence-corrected chi connectivity index (χ3v) is 2.63. The van der Waals surface area contributed by atoms with Crippen LogP contribution in [0.1, 0.15) is 13.3 Å². The summed E-state index contributed by atoms with van der Waals surface area (Å²) >= 11 is 5.03. The molecule has 0 amide bonds. The smallest absolute Gasteiger partial charge is 0.298 e. The van der Waals surface area contributed by atoms with E-state index in [9.17, 15) is 4.79 Å². The molecular formula is C12H13N3OS. The van der Waals surface area contributed by atoms with Gasteiger partial charge in [-0.2, -0.15) is 0 Å². The first-order chi connectivity index (χ1) is 8.22. The van der Waals surface area contributed by atoms with Gasteiger partial charge in [0.15, 0.2) is 0 Å². The average molecular weight is 247 g/mol. The Labute approximate surface area is 104 Å². The maximum atomic E-state index is 11.8. The SMILES string of the molecule is CCCn1c(-c2ccccn2)cc(=S)[nH]c1=O. The summed E-state index contributed by atoms with van der Waals surface area (Å²) in [4.78, 5) is 18.7. The highest BCUT2D eigenvalue weighted by atomic mass is 32.1. The molecule has 0 radical (unpaired) electrons. The van der Waals surface area contributed by atoms with E-state index in [1.807, 2.05) is 25.1 Å². The van der Waals surface area contributed by atoms with Crippen molar-refractivity contribution in [1.82, 2.24) is 14.5 Å². The van der Waals surface area contributed by atoms with Crippen LogP contribution in [0.5, 0.6) is 0 Å². The normalized spacial score (nSPS) is 10.4. The van der Waals surface area contributed by atoms with Crippen LogP contribution >= 0.6 is 12.2 Å². The molecule has 2 aromatic rings. The van der Waals surface area contributed by atoms with Crippen molar-refractivity contribution in [2.24, 2.45) is 0 Å². The molecular weight excluding hydrogens is 234 g/mol. The van der Waals surface area contributed by atoms with E-state index in [2.05, 4.69) is 9.97 Å². The lowest BCUT2D eigenvalue weighted by Gasteiger charge is -2.10. The molecule has 0 unspecified atom stereocenters. The van der Waals surface area contributed by atoms with Crippen LogP contribution in [0.3, 0.4) is 0 Å². The van der Waals surface area contributed by atoms with Crippen LogP contribution < -0.4 is 5.69 Å². The molecule has 4 nitrogen and oxygen atoms in total. The van der Waals surface area contributed by atoms with Gasteiger partial charge in [-0.3, -0.25) is 14.5 Å². The molecule has 0 atom stereocenters. The molecule has 0 saturated heterocycles. The fraction of sp³-hybridized carbons (Fsp3) is 0.250. The molecule has 1 N–H and O–H groups in total. The minimum absolute atomic E-state index is 0.181. The van der Waals surface area contributed by atoms with Gasteiger partial charge in [-0.1, -0.05) is 25.2 Å². The van der Waals surface area contributed by atoms with Gasteiger partial charge in [-0.05, 0) is 24.6 Å². The lowest BCUT2D eigenvalue weighted by Crippen LogP contribution is -2.24. The number of pyridine rings is 1. The summed E-state index contributed by atoms with van der Waals surface area (Å²) in [5, 5.41) is 0. The summed E-state index contributed by atoms with van der Waals surface area (Å²) in [7, 11) is 0. The van der Waals surface area contributed by atoms with E-state index in [1.165, 1.54) is 0 Å². The molecule has 0 saturated carbocycles. The van der Waals surface area contributed by atoms with Crippen molar-refractivity contribution >= 4 is 12.2 Å². The Kier molecular flexibility index (Phi) is 3.49. The van der Waals surface area contributed by atoms with Crippen LogP contribution in [0.4, 0.5) is 0 Å². The van der Waals surface area contributed by atoms with E-state index in [-0.39, 0.29) is 5.69 Å². The zero-order valence-electron chi connectivity index (χ0n) is 9.51. The first-order valence-electron chi connectivity index (χ1n) is 5.48. The quantitative estimate of drug-likeness (QED) is 0.847. The van der Waals surface area contributed by atoms with Crippen LogP contribution in [0.15, 0.2) is 35.3 Å². The molecule has 0 aliphatic heterocycles. The van der Waals surface area contributed by atoms with Crippen molar-refractivity contribution < 1.29 is 0 Å².